The SMILES string of the molecule is Cc1c(C(=O)NCC[S@@](C)=O)oc2c(C)cccc12. The summed E-state index contributed by atoms with van der Waals surface area (Å²) in [6.07, 6.45) is 1.61. The zero-order valence-corrected chi connectivity index (χ0v) is 12.1. The van der Waals surface area contributed by atoms with E-state index in [1.165, 1.54) is 0 Å². The molecule has 1 amide bonds. The van der Waals surface area contributed by atoms with Gasteiger partial charge < -0.3 is 9.73 Å². The van der Waals surface area contributed by atoms with Gasteiger partial charge in [0, 0.05) is 40.3 Å². The van der Waals surface area contributed by atoms with Gasteiger partial charge >= 0.3 is 0 Å². The molecule has 1 N–H and O–H groups in total. The van der Waals surface area contributed by atoms with Crippen LogP contribution in [0, 0.1) is 13.8 Å². The Morgan fingerprint density at radius 3 is 2.74 bits per heavy atom. The Labute approximate surface area is 114 Å². The number of furan rings is 1. The van der Waals surface area contributed by atoms with Gasteiger partial charge in [-0.25, -0.2) is 0 Å². The van der Waals surface area contributed by atoms with Crippen LogP contribution in [0.3, 0.4) is 0 Å². The Kier molecular flexibility index (Phi) is 4.04. The number of amides is 1. The smallest absolute Gasteiger partial charge is 0.287 e. The molecular weight excluding hydrogens is 262 g/mol. The molecule has 0 aliphatic rings. The second-order valence-electron chi connectivity index (χ2n) is 4.54. The van der Waals surface area contributed by atoms with Crippen LogP contribution in [-0.2, 0) is 10.8 Å². The maximum atomic E-state index is 12.0. The number of rotatable bonds is 4. The summed E-state index contributed by atoms with van der Waals surface area (Å²) in [5.41, 5.74) is 2.60. The van der Waals surface area contributed by atoms with Crippen molar-refractivity contribution in [1.29, 1.82) is 0 Å². The first-order valence-corrected chi connectivity index (χ1v) is 7.80. The fourth-order valence-corrected chi connectivity index (χ4v) is 2.38. The van der Waals surface area contributed by atoms with E-state index < -0.39 is 10.8 Å². The van der Waals surface area contributed by atoms with Gasteiger partial charge in [0.1, 0.15) is 5.58 Å². The normalized spacial score (nSPS) is 12.6. The molecule has 0 aliphatic carbocycles. The van der Waals surface area contributed by atoms with Gasteiger partial charge in [-0.05, 0) is 19.4 Å². The van der Waals surface area contributed by atoms with Gasteiger partial charge in [0.2, 0.25) is 0 Å². The number of carbonyl (C=O) groups excluding carboxylic acids is 1. The maximum Gasteiger partial charge on any atom is 0.287 e. The van der Waals surface area contributed by atoms with E-state index >= 15 is 0 Å². The minimum Gasteiger partial charge on any atom is -0.450 e. The van der Waals surface area contributed by atoms with Crippen LogP contribution in [0.1, 0.15) is 21.7 Å². The lowest BCUT2D eigenvalue weighted by Crippen LogP contribution is -2.27. The molecule has 0 aliphatic heterocycles. The molecule has 19 heavy (non-hydrogen) atoms. The number of para-hydroxylation sites is 1. The van der Waals surface area contributed by atoms with Gasteiger partial charge in [0.25, 0.3) is 5.91 Å². The summed E-state index contributed by atoms with van der Waals surface area (Å²) < 4.78 is 16.6. The van der Waals surface area contributed by atoms with E-state index in [9.17, 15) is 9.00 Å². The van der Waals surface area contributed by atoms with Crippen molar-refractivity contribution < 1.29 is 13.4 Å². The number of hydrogen-bond donors (Lipinski definition) is 1. The van der Waals surface area contributed by atoms with E-state index in [2.05, 4.69) is 5.32 Å². The molecule has 0 radical (unpaired) electrons. The largest absolute Gasteiger partial charge is 0.450 e. The van der Waals surface area contributed by atoms with Gasteiger partial charge in [0.15, 0.2) is 5.76 Å². The summed E-state index contributed by atoms with van der Waals surface area (Å²) in [4.78, 5) is 12.0. The lowest BCUT2D eigenvalue weighted by molar-refractivity contribution is 0.0930. The van der Waals surface area contributed by atoms with Crippen molar-refractivity contribution in [1.82, 2.24) is 5.32 Å². The van der Waals surface area contributed by atoms with Crippen molar-refractivity contribution in [2.24, 2.45) is 0 Å². The molecule has 0 fully saturated rings. The van der Waals surface area contributed by atoms with Gasteiger partial charge in [-0.3, -0.25) is 9.00 Å². The highest BCUT2D eigenvalue weighted by Crippen LogP contribution is 2.27. The van der Waals surface area contributed by atoms with E-state index in [4.69, 9.17) is 4.42 Å². The summed E-state index contributed by atoms with van der Waals surface area (Å²) in [6, 6.07) is 5.84. The highest BCUT2D eigenvalue weighted by molar-refractivity contribution is 7.84. The van der Waals surface area contributed by atoms with E-state index in [1.54, 1.807) is 6.26 Å². The van der Waals surface area contributed by atoms with Crippen LogP contribution in [0.5, 0.6) is 0 Å². The van der Waals surface area contributed by atoms with Crippen LogP contribution < -0.4 is 5.32 Å². The van der Waals surface area contributed by atoms with Crippen LogP contribution in [0.4, 0.5) is 0 Å². The van der Waals surface area contributed by atoms with Crippen LogP contribution >= 0.6 is 0 Å². The second kappa shape index (κ2) is 5.57. The molecule has 2 aromatic rings. The Balaban J connectivity index is 2.25. The molecule has 0 unspecified atom stereocenters. The molecule has 0 spiro atoms. The number of hydrogen-bond acceptors (Lipinski definition) is 3. The summed E-state index contributed by atoms with van der Waals surface area (Å²) in [5, 5.41) is 3.69. The highest BCUT2D eigenvalue weighted by Gasteiger charge is 2.17. The Bertz CT molecular complexity index is 645. The fourth-order valence-electron chi connectivity index (χ4n) is 1.99. The number of aryl methyl sites for hydroxylation is 2. The highest BCUT2D eigenvalue weighted by atomic mass is 32.2. The van der Waals surface area contributed by atoms with E-state index in [0.717, 1.165) is 22.1 Å². The average molecular weight is 279 g/mol. The summed E-state index contributed by atoms with van der Waals surface area (Å²) in [6.45, 7) is 4.21. The molecule has 0 bridgehead atoms. The van der Waals surface area contributed by atoms with Gasteiger partial charge in [-0.1, -0.05) is 18.2 Å². The molecule has 1 aromatic heterocycles. The van der Waals surface area contributed by atoms with Gasteiger partial charge in [-0.15, -0.1) is 0 Å². The number of carbonyl (C=O) groups is 1. The molecule has 1 heterocycles. The van der Waals surface area contributed by atoms with E-state index in [-0.39, 0.29) is 5.91 Å². The number of benzene rings is 1. The predicted octanol–water partition coefficient (Wildman–Crippen LogP) is 2.16. The minimum atomic E-state index is -0.907. The minimum absolute atomic E-state index is 0.251. The zero-order valence-electron chi connectivity index (χ0n) is 11.3. The van der Waals surface area contributed by atoms with Crippen molar-refractivity contribution in [3.05, 3.63) is 35.1 Å². The molecule has 1 atom stereocenters. The predicted molar refractivity (Wildman–Crippen MR) is 77.0 cm³/mol. The maximum absolute atomic E-state index is 12.0. The van der Waals surface area contributed by atoms with Crippen LogP contribution in [0.15, 0.2) is 22.6 Å². The molecule has 102 valence electrons. The lowest BCUT2D eigenvalue weighted by atomic mass is 10.1. The Morgan fingerprint density at radius 1 is 1.37 bits per heavy atom. The molecule has 2 rings (SSSR count). The third-order valence-electron chi connectivity index (χ3n) is 3.04. The van der Waals surface area contributed by atoms with E-state index in [1.807, 2.05) is 32.0 Å². The lowest BCUT2D eigenvalue weighted by Gasteiger charge is -2.01. The first-order chi connectivity index (χ1) is 9.00. The molecule has 1 aromatic carbocycles. The second-order valence-corrected chi connectivity index (χ2v) is 6.10. The van der Waals surface area contributed by atoms with Crippen molar-refractivity contribution in [2.75, 3.05) is 18.6 Å². The average Bonchev–Trinajstić information content (AvgIpc) is 2.68. The quantitative estimate of drug-likeness (QED) is 0.933. The summed E-state index contributed by atoms with van der Waals surface area (Å²) >= 11 is 0. The van der Waals surface area contributed by atoms with Crippen molar-refractivity contribution >= 4 is 27.7 Å². The van der Waals surface area contributed by atoms with Crippen molar-refractivity contribution in [3.8, 4) is 0 Å². The number of nitrogens with one attached hydrogen (secondary N) is 1. The molecule has 4 nitrogen and oxygen atoms in total. The van der Waals surface area contributed by atoms with Crippen LogP contribution in [-0.4, -0.2) is 28.7 Å². The van der Waals surface area contributed by atoms with Crippen LogP contribution in [0.25, 0.3) is 11.0 Å². The Hall–Kier alpha value is -1.62. The van der Waals surface area contributed by atoms with E-state index in [0.29, 0.717) is 18.1 Å². The summed E-state index contributed by atoms with van der Waals surface area (Å²) in [5.74, 6) is 0.536. The topological polar surface area (TPSA) is 59.3 Å². The fraction of sp³-hybridized carbons (Fsp3) is 0.357. The monoisotopic (exact) mass is 279 g/mol. The first-order valence-electron chi connectivity index (χ1n) is 6.07. The summed E-state index contributed by atoms with van der Waals surface area (Å²) in [7, 11) is -0.907. The molecule has 5 heteroatoms. The van der Waals surface area contributed by atoms with Crippen molar-refractivity contribution in [2.45, 2.75) is 13.8 Å². The molecule has 0 saturated carbocycles. The Morgan fingerprint density at radius 2 is 2.11 bits per heavy atom. The number of fused-ring (bicyclic) bond motifs is 1. The first kappa shape index (κ1) is 13.8. The van der Waals surface area contributed by atoms with Gasteiger partial charge in [0.05, 0.1) is 0 Å². The standard InChI is InChI=1S/C14H17NO3S/c1-9-5-4-6-11-10(2)13(18-12(9)11)14(16)15-7-8-19(3)17/h4-6H,7-8H2,1-3H3,(H,15,16)/t19-/m1/s1. The van der Waals surface area contributed by atoms with Gasteiger partial charge in [-0.2, -0.15) is 0 Å². The van der Waals surface area contributed by atoms with Crippen LogP contribution in [0.2, 0.25) is 0 Å². The third-order valence-corrected chi connectivity index (χ3v) is 3.82. The third kappa shape index (κ3) is 2.87. The molecule has 0 saturated heterocycles. The molecular formula is C14H17NO3S. The van der Waals surface area contributed by atoms with Crippen molar-refractivity contribution in [3.63, 3.8) is 0 Å². The zero-order chi connectivity index (χ0) is 14.0.